The SMILES string of the molecule is Clc1ncc(-c2ccccc2)s1.Nc1ncc(-c2ccccc2)s1. The molecule has 0 spiro atoms. The van der Waals surface area contributed by atoms with Crippen LogP contribution in [0.1, 0.15) is 0 Å². The largest absolute Gasteiger partial charge is 0.375 e. The molecule has 0 unspecified atom stereocenters. The lowest BCUT2D eigenvalue weighted by molar-refractivity contribution is 1.42. The normalized spacial score (nSPS) is 10.0. The van der Waals surface area contributed by atoms with Crippen molar-refractivity contribution in [2.24, 2.45) is 0 Å². The Labute approximate surface area is 153 Å². The number of nitrogens with two attached hydrogens (primary N) is 1. The Bertz CT molecular complexity index is 813. The first-order valence-electron chi connectivity index (χ1n) is 7.16. The minimum Gasteiger partial charge on any atom is -0.375 e. The van der Waals surface area contributed by atoms with Gasteiger partial charge in [-0.15, -0.1) is 11.3 Å². The standard InChI is InChI=1S/C9H6ClNS.C9H8N2S/c2*10-9-11-6-8(12-9)7-4-2-1-3-5-7/h1-6H;1-6H,(H2,10,11). The first-order chi connectivity index (χ1) is 11.7. The molecule has 3 nitrogen and oxygen atoms in total. The second kappa shape index (κ2) is 8.06. The van der Waals surface area contributed by atoms with Crippen molar-refractivity contribution in [3.8, 4) is 20.9 Å². The Balaban J connectivity index is 0.000000141. The molecule has 2 N–H and O–H groups in total. The molecular weight excluding hydrogens is 358 g/mol. The van der Waals surface area contributed by atoms with Crippen LogP contribution in [0.5, 0.6) is 0 Å². The van der Waals surface area contributed by atoms with Crippen LogP contribution in [0.3, 0.4) is 0 Å². The number of anilines is 1. The van der Waals surface area contributed by atoms with Gasteiger partial charge >= 0.3 is 0 Å². The molecule has 0 bridgehead atoms. The summed E-state index contributed by atoms with van der Waals surface area (Å²) in [7, 11) is 0. The van der Waals surface area contributed by atoms with Crippen molar-refractivity contribution in [2.45, 2.75) is 0 Å². The summed E-state index contributed by atoms with van der Waals surface area (Å²) in [5.74, 6) is 0. The summed E-state index contributed by atoms with van der Waals surface area (Å²) in [4.78, 5) is 10.2. The van der Waals surface area contributed by atoms with Crippen LogP contribution in [0.15, 0.2) is 73.1 Å². The predicted octanol–water partition coefficient (Wildman–Crippen LogP) is 5.86. The Morgan fingerprint density at radius 2 is 1.21 bits per heavy atom. The number of aromatic nitrogens is 2. The van der Waals surface area contributed by atoms with Crippen molar-refractivity contribution in [1.29, 1.82) is 0 Å². The zero-order valence-electron chi connectivity index (χ0n) is 12.6. The van der Waals surface area contributed by atoms with Gasteiger partial charge in [-0.05, 0) is 11.1 Å². The van der Waals surface area contributed by atoms with E-state index in [1.807, 2.05) is 60.7 Å². The average molecular weight is 372 g/mol. The lowest BCUT2D eigenvalue weighted by Crippen LogP contribution is -1.77. The Morgan fingerprint density at radius 1 is 0.708 bits per heavy atom. The number of hydrogen-bond acceptors (Lipinski definition) is 5. The molecule has 2 aromatic carbocycles. The smallest absolute Gasteiger partial charge is 0.184 e. The quantitative estimate of drug-likeness (QED) is 0.480. The topological polar surface area (TPSA) is 51.8 Å². The molecule has 2 aromatic heterocycles. The number of nitrogen functional groups attached to an aromatic ring is 1. The van der Waals surface area contributed by atoms with Gasteiger partial charge in [0.2, 0.25) is 0 Å². The molecule has 0 saturated heterocycles. The maximum atomic E-state index is 5.72. The maximum Gasteiger partial charge on any atom is 0.184 e. The van der Waals surface area contributed by atoms with Crippen LogP contribution >= 0.6 is 34.3 Å². The fourth-order valence-corrected chi connectivity index (χ4v) is 3.65. The summed E-state index contributed by atoms with van der Waals surface area (Å²) in [6.07, 6.45) is 3.59. The summed E-state index contributed by atoms with van der Waals surface area (Å²) in [5.41, 5.74) is 7.86. The van der Waals surface area contributed by atoms with E-state index in [9.17, 15) is 0 Å². The third kappa shape index (κ3) is 4.41. The summed E-state index contributed by atoms with van der Waals surface area (Å²) in [5, 5.41) is 0.619. The highest BCUT2D eigenvalue weighted by molar-refractivity contribution is 7.19. The highest BCUT2D eigenvalue weighted by Crippen LogP contribution is 2.28. The lowest BCUT2D eigenvalue weighted by Gasteiger charge is -1.92. The van der Waals surface area contributed by atoms with E-state index < -0.39 is 0 Å². The first kappa shape index (κ1) is 16.6. The molecule has 6 heteroatoms. The summed E-state index contributed by atoms with van der Waals surface area (Å²) in [6, 6.07) is 20.2. The number of nitrogens with zero attached hydrogens (tertiary/aromatic N) is 2. The molecule has 4 aromatic rings. The van der Waals surface area contributed by atoms with E-state index in [2.05, 4.69) is 9.97 Å². The molecule has 2 heterocycles. The van der Waals surface area contributed by atoms with E-state index in [-0.39, 0.29) is 0 Å². The molecule has 0 atom stereocenters. The van der Waals surface area contributed by atoms with Gasteiger partial charge in [0.15, 0.2) is 9.60 Å². The third-order valence-corrected chi connectivity index (χ3v) is 5.16. The van der Waals surface area contributed by atoms with Crippen molar-refractivity contribution in [3.05, 3.63) is 77.5 Å². The molecule has 120 valence electrons. The van der Waals surface area contributed by atoms with Crippen molar-refractivity contribution >= 4 is 39.4 Å². The molecule has 0 aliphatic heterocycles. The fraction of sp³-hybridized carbons (Fsp3) is 0. The van der Waals surface area contributed by atoms with Crippen LogP contribution in [0.25, 0.3) is 20.9 Å². The van der Waals surface area contributed by atoms with E-state index in [4.69, 9.17) is 17.3 Å². The van der Waals surface area contributed by atoms with Gasteiger partial charge in [-0.25, -0.2) is 9.97 Å². The van der Waals surface area contributed by atoms with E-state index >= 15 is 0 Å². The first-order valence-corrected chi connectivity index (χ1v) is 9.17. The molecule has 0 saturated carbocycles. The third-order valence-electron chi connectivity index (χ3n) is 3.12. The zero-order valence-corrected chi connectivity index (χ0v) is 15.0. The van der Waals surface area contributed by atoms with Crippen molar-refractivity contribution in [1.82, 2.24) is 9.97 Å². The van der Waals surface area contributed by atoms with Crippen LogP contribution in [-0.4, -0.2) is 9.97 Å². The van der Waals surface area contributed by atoms with Gasteiger partial charge in [-0.2, -0.15) is 0 Å². The second-order valence-electron chi connectivity index (χ2n) is 4.77. The van der Waals surface area contributed by atoms with Gasteiger partial charge in [0.25, 0.3) is 0 Å². The van der Waals surface area contributed by atoms with Gasteiger partial charge in [0.05, 0.1) is 9.75 Å². The number of rotatable bonds is 2. The zero-order chi connectivity index (χ0) is 16.8. The average Bonchev–Trinajstić information content (AvgIpc) is 3.26. The molecule has 0 aliphatic rings. The molecule has 0 fully saturated rings. The predicted molar refractivity (Wildman–Crippen MR) is 105 cm³/mol. The number of halogens is 1. The van der Waals surface area contributed by atoms with Gasteiger partial charge < -0.3 is 5.73 Å². The van der Waals surface area contributed by atoms with Crippen LogP contribution in [0.2, 0.25) is 4.47 Å². The molecule has 0 amide bonds. The van der Waals surface area contributed by atoms with E-state index in [0.29, 0.717) is 9.60 Å². The lowest BCUT2D eigenvalue weighted by atomic mass is 10.2. The summed E-state index contributed by atoms with van der Waals surface area (Å²) in [6.45, 7) is 0. The number of benzene rings is 2. The van der Waals surface area contributed by atoms with Crippen LogP contribution in [0, 0.1) is 0 Å². The highest BCUT2D eigenvalue weighted by Gasteiger charge is 2.00. The van der Waals surface area contributed by atoms with E-state index in [1.54, 1.807) is 12.4 Å². The van der Waals surface area contributed by atoms with Gasteiger partial charge in [0.1, 0.15) is 0 Å². The van der Waals surface area contributed by atoms with Gasteiger partial charge in [-0.3, -0.25) is 0 Å². The Morgan fingerprint density at radius 3 is 1.62 bits per heavy atom. The molecule has 0 radical (unpaired) electrons. The second-order valence-corrected chi connectivity index (χ2v) is 7.45. The van der Waals surface area contributed by atoms with Crippen LogP contribution in [0.4, 0.5) is 5.13 Å². The highest BCUT2D eigenvalue weighted by atomic mass is 35.5. The van der Waals surface area contributed by atoms with Gasteiger partial charge in [-0.1, -0.05) is 83.6 Å². The minimum atomic E-state index is 0.592. The number of thiazole rings is 2. The molecule has 0 aliphatic carbocycles. The summed E-state index contributed by atoms with van der Waals surface area (Å²) >= 11 is 8.72. The fourth-order valence-electron chi connectivity index (χ4n) is 2.01. The van der Waals surface area contributed by atoms with Crippen molar-refractivity contribution < 1.29 is 0 Å². The van der Waals surface area contributed by atoms with E-state index in [0.717, 1.165) is 9.75 Å². The van der Waals surface area contributed by atoms with Gasteiger partial charge in [0, 0.05) is 12.4 Å². The van der Waals surface area contributed by atoms with Crippen molar-refractivity contribution in [2.75, 3.05) is 5.73 Å². The number of hydrogen-bond donors (Lipinski definition) is 1. The Hall–Kier alpha value is -2.21. The van der Waals surface area contributed by atoms with Crippen LogP contribution in [-0.2, 0) is 0 Å². The Kier molecular flexibility index (Phi) is 5.59. The van der Waals surface area contributed by atoms with Crippen molar-refractivity contribution in [3.63, 3.8) is 0 Å². The summed E-state index contributed by atoms with van der Waals surface area (Å²) < 4.78 is 0.592. The molecular formula is C18H14ClN3S2. The maximum absolute atomic E-state index is 5.72. The van der Waals surface area contributed by atoms with E-state index in [1.165, 1.54) is 33.8 Å². The minimum absolute atomic E-state index is 0.592. The molecule has 24 heavy (non-hydrogen) atoms. The van der Waals surface area contributed by atoms with Crippen LogP contribution < -0.4 is 5.73 Å². The monoisotopic (exact) mass is 371 g/mol. The molecule has 4 rings (SSSR count).